The zero-order chi connectivity index (χ0) is 13.1. The Morgan fingerprint density at radius 3 is 2.83 bits per heavy atom. The van der Waals surface area contributed by atoms with E-state index in [2.05, 4.69) is 15.9 Å². The van der Waals surface area contributed by atoms with Gasteiger partial charge in [-0.1, -0.05) is 15.9 Å². The van der Waals surface area contributed by atoms with Crippen LogP contribution in [0.4, 0.5) is 4.39 Å². The first-order valence-corrected chi connectivity index (χ1v) is 7.22. The summed E-state index contributed by atoms with van der Waals surface area (Å²) < 4.78 is 19.9. The fraction of sp³-hybridized carbons (Fsp3) is 0.571. The molecule has 1 fully saturated rings. The smallest absolute Gasteiger partial charge is 0.123 e. The lowest BCUT2D eigenvalue weighted by Gasteiger charge is -2.24. The van der Waals surface area contributed by atoms with Crippen molar-refractivity contribution in [3.05, 3.63) is 34.1 Å². The number of nitrogens with two attached hydrogens (primary N) is 1. The Labute approximate surface area is 116 Å². The van der Waals surface area contributed by atoms with Gasteiger partial charge in [-0.25, -0.2) is 4.39 Å². The van der Waals surface area contributed by atoms with E-state index in [1.165, 1.54) is 18.9 Å². The quantitative estimate of drug-likeness (QED) is 0.874. The molecule has 0 bridgehead atoms. The fourth-order valence-electron chi connectivity index (χ4n) is 2.30. The maximum atomic E-state index is 13.2. The normalized spacial score (nSPS) is 18.7. The first-order valence-electron chi connectivity index (χ1n) is 6.43. The predicted molar refractivity (Wildman–Crippen MR) is 73.9 cm³/mol. The van der Waals surface area contributed by atoms with Gasteiger partial charge in [-0.15, -0.1) is 0 Å². The second kappa shape index (κ2) is 6.13. The number of hydrogen-bond donors (Lipinski definition) is 1. The van der Waals surface area contributed by atoms with Crippen LogP contribution < -0.4 is 5.73 Å². The zero-order valence-electron chi connectivity index (χ0n) is 10.5. The summed E-state index contributed by atoms with van der Waals surface area (Å²) in [5, 5.41) is 0. The molecule has 18 heavy (non-hydrogen) atoms. The van der Waals surface area contributed by atoms with Gasteiger partial charge in [0, 0.05) is 17.1 Å². The summed E-state index contributed by atoms with van der Waals surface area (Å²) in [5.74, 6) is 0.368. The van der Waals surface area contributed by atoms with Gasteiger partial charge in [0.1, 0.15) is 5.82 Å². The number of ether oxygens (including phenoxy) is 1. The summed E-state index contributed by atoms with van der Waals surface area (Å²) in [5.41, 5.74) is 7.14. The monoisotopic (exact) mass is 315 g/mol. The van der Waals surface area contributed by atoms with Crippen molar-refractivity contribution >= 4 is 15.9 Å². The third kappa shape index (κ3) is 3.53. The molecule has 0 aliphatic heterocycles. The van der Waals surface area contributed by atoms with Gasteiger partial charge < -0.3 is 10.5 Å². The van der Waals surface area contributed by atoms with Gasteiger partial charge >= 0.3 is 0 Å². The number of hydrogen-bond acceptors (Lipinski definition) is 2. The van der Waals surface area contributed by atoms with Crippen molar-refractivity contribution in [2.24, 2.45) is 11.7 Å². The summed E-state index contributed by atoms with van der Waals surface area (Å²) in [4.78, 5) is 0. The third-order valence-electron chi connectivity index (χ3n) is 3.33. The Kier molecular flexibility index (Phi) is 4.76. The van der Waals surface area contributed by atoms with Crippen molar-refractivity contribution in [2.75, 3.05) is 6.61 Å². The van der Waals surface area contributed by atoms with Crippen molar-refractivity contribution in [2.45, 2.75) is 38.3 Å². The van der Waals surface area contributed by atoms with E-state index in [0.717, 1.165) is 10.0 Å². The van der Waals surface area contributed by atoms with Crippen LogP contribution >= 0.6 is 15.9 Å². The predicted octanol–water partition coefficient (Wildman–Crippen LogP) is 3.27. The lowest BCUT2D eigenvalue weighted by molar-refractivity contribution is 0.0287. The van der Waals surface area contributed by atoms with Gasteiger partial charge in [-0.05, 0) is 55.9 Å². The molecule has 2 rings (SSSR count). The van der Waals surface area contributed by atoms with Crippen LogP contribution in [0.2, 0.25) is 0 Å². The van der Waals surface area contributed by atoms with Crippen molar-refractivity contribution in [3.8, 4) is 0 Å². The van der Waals surface area contributed by atoms with E-state index >= 15 is 0 Å². The molecule has 2 atom stereocenters. The molecular formula is C14H19BrFNO. The molecule has 2 unspecified atom stereocenters. The third-order valence-corrected chi connectivity index (χ3v) is 4.10. The highest BCUT2D eigenvalue weighted by molar-refractivity contribution is 9.10. The Bertz CT molecular complexity index is 409. The SMILES string of the molecule is CCOC(C(N)Cc1cc(F)ccc1Br)C1CC1. The van der Waals surface area contributed by atoms with Crippen molar-refractivity contribution in [1.82, 2.24) is 0 Å². The molecule has 1 aliphatic carbocycles. The summed E-state index contributed by atoms with van der Waals surface area (Å²) in [6.45, 7) is 2.67. The maximum absolute atomic E-state index is 13.2. The van der Waals surface area contributed by atoms with E-state index < -0.39 is 0 Å². The van der Waals surface area contributed by atoms with Crippen LogP contribution in [-0.4, -0.2) is 18.8 Å². The average Bonchev–Trinajstić information content (AvgIpc) is 3.14. The van der Waals surface area contributed by atoms with Gasteiger partial charge in [0.05, 0.1) is 6.10 Å². The summed E-state index contributed by atoms with van der Waals surface area (Å²) in [6.07, 6.45) is 3.13. The molecule has 1 aliphatic rings. The second-order valence-electron chi connectivity index (χ2n) is 4.86. The van der Waals surface area contributed by atoms with E-state index in [1.807, 2.05) is 6.92 Å². The van der Waals surface area contributed by atoms with Crippen molar-refractivity contribution in [1.29, 1.82) is 0 Å². The highest BCUT2D eigenvalue weighted by Gasteiger charge is 2.35. The van der Waals surface area contributed by atoms with Crippen molar-refractivity contribution in [3.63, 3.8) is 0 Å². The van der Waals surface area contributed by atoms with Gasteiger partial charge in [0.25, 0.3) is 0 Å². The van der Waals surface area contributed by atoms with Gasteiger partial charge in [0.2, 0.25) is 0 Å². The second-order valence-corrected chi connectivity index (χ2v) is 5.72. The molecule has 0 saturated heterocycles. The lowest BCUT2D eigenvalue weighted by atomic mass is 9.99. The molecule has 0 radical (unpaired) electrons. The summed E-state index contributed by atoms with van der Waals surface area (Å²) in [6, 6.07) is 4.64. The van der Waals surface area contributed by atoms with Crippen molar-refractivity contribution < 1.29 is 9.13 Å². The molecule has 1 saturated carbocycles. The molecule has 0 heterocycles. The number of halogens is 2. The van der Waals surface area contributed by atoms with E-state index in [1.54, 1.807) is 12.1 Å². The topological polar surface area (TPSA) is 35.2 Å². The van der Waals surface area contributed by atoms with Gasteiger partial charge in [0.15, 0.2) is 0 Å². The molecule has 4 heteroatoms. The minimum Gasteiger partial charge on any atom is -0.377 e. The highest BCUT2D eigenvalue weighted by Crippen LogP contribution is 2.36. The maximum Gasteiger partial charge on any atom is 0.123 e. The number of benzene rings is 1. The van der Waals surface area contributed by atoms with E-state index in [4.69, 9.17) is 10.5 Å². The van der Waals surface area contributed by atoms with Crippen LogP contribution in [0.25, 0.3) is 0 Å². The first-order chi connectivity index (χ1) is 8.61. The van der Waals surface area contributed by atoms with Crippen LogP contribution in [0.15, 0.2) is 22.7 Å². The first kappa shape index (κ1) is 14.0. The molecule has 100 valence electrons. The van der Waals surface area contributed by atoms with Crippen LogP contribution in [0.5, 0.6) is 0 Å². The Morgan fingerprint density at radius 1 is 1.50 bits per heavy atom. The van der Waals surface area contributed by atoms with Crippen LogP contribution in [0, 0.1) is 11.7 Å². The van der Waals surface area contributed by atoms with Crippen LogP contribution in [-0.2, 0) is 11.2 Å². The standard InChI is InChI=1S/C14H19BrFNO/c1-2-18-14(9-3-4-9)13(17)8-10-7-11(16)5-6-12(10)15/h5-7,9,13-14H,2-4,8,17H2,1H3. The fourth-order valence-corrected chi connectivity index (χ4v) is 2.70. The molecule has 2 nitrogen and oxygen atoms in total. The molecule has 1 aromatic carbocycles. The Balaban J connectivity index is 2.04. The molecule has 2 N–H and O–H groups in total. The summed E-state index contributed by atoms with van der Waals surface area (Å²) in [7, 11) is 0. The Morgan fingerprint density at radius 2 is 2.22 bits per heavy atom. The summed E-state index contributed by atoms with van der Waals surface area (Å²) >= 11 is 3.44. The minimum atomic E-state index is -0.222. The van der Waals surface area contributed by atoms with E-state index in [9.17, 15) is 4.39 Å². The van der Waals surface area contributed by atoms with Gasteiger partial charge in [-0.2, -0.15) is 0 Å². The molecule has 0 spiro atoms. The number of rotatable bonds is 6. The van der Waals surface area contributed by atoms with Crippen LogP contribution in [0.3, 0.4) is 0 Å². The molecular weight excluding hydrogens is 297 g/mol. The molecule has 0 aromatic heterocycles. The zero-order valence-corrected chi connectivity index (χ0v) is 12.1. The average molecular weight is 316 g/mol. The van der Waals surface area contributed by atoms with E-state index in [-0.39, 0.29) is 18.0 Å². The van der Waals surface area contributed by atoms with Gasteiger partial charge in [-0.3, -0.25) is 0 Å². The molecule has 0 amide bonds. The minimum absolute atomic E-state index is 0.0736. The molecule has 1 aromatic rings. The highest BCUT2D eigenvalue weighted by atomic mass is 79.9. The Hall–Kier alpha value is -0.450. The largest absolute Gasteiger partial charge is 0.377 e. The van der Waals surface area contributed by atoms with Crippen LogP contribution in [0.1, 0.15) is 25.3 Å². The van der Waals surface area contributed by atoms with E-state index in [0.29, 0.717) is 18.9 Å². The lowest BCUT2D eigenvalue weighted by Crippen LogP contribution is -2.40.